The summed E-state index contributed by atoms with van der Waals surface area (Å²) < 4.78 is 180. The molecule has 0 amide bonds. The van der Waals surface area contributed by atoms with Crippen molar-refractivity contribution in [2.24, 2.45) is 20.5 Å². The predicted molar refractivity (Wildman–Crippen MR) is 202 cm³/mol. The van der Waals surface area contributed by atoms with Crippen molar-refractivity contribution < 1.29 is 251 Å². The van der Waals surface area contributed by atoms with Crippen LogP contribution < -0.4 is 169 Å². The summed E-state index contributed by atoms with van der Waals surface area (Å²) in [4.78, 5) is -4.09. The fourth-order valence-electron chi connectivity index (χ4n) is 5.10. The second-order valence-electron chi connectivity index (χ2n) is 11.6. The molecule has 0 aromatic heterocycles. The van der Waals surface area contributed by atoms with E-state index >= 15 is 0 Å². The maximum absolute atomic E-state index is 12.9. The van der Waals surface area contributed by atoms with Crippen LogP contribution in [0.15, 0.2) is 87.4 Å². The summed E-state index contributed by atoms with van der Waals surface area (Å²) in [6.07, 6.45) is 0. The van der Waals surface area contributed by atoms with Crippen LogP contribution in [0.4, 0.5) is 28.4 Å². The average Bonchev–Trinajstić information content (AvgIpc) is 3.17. The smallest absolute Gasteiger partial charge is 0.744 e. The number of nitrogens with two attached hydrogens (primary N) is 1. The Morgan fingerprint density at radius 3 is 1.81 bits per heavy atom. The molecular weight excluding hydrogens is 1110 g/mol. The van der Waals surface area contributed by atoms with Gasteiger partial charge in [-0.15, -0.1) is 24.8 Å². The molecule has 0 bridgehead atoms. The number of methoxy groups -OCH3 is 1. The predicted octanol–water partition coefficient (Wildman–Crippen LogP) is -13.8. The Kier molecular flexibility index (Phi) is 31.6. The van der Waals surface area contributed by atoms with Gasteiger partial charge in [-0.1, -0.05) is 0 Å². The minimum absolute atomic E-state index is 0. The number of nitrogens with zero attached hydrogens (tertiary/aromatic N) is 4. The van der Waals surface area contributed by atoms with Gasteiger partial charge >= 0.3 is 148 Å². The van der Waals surface area contributed by atoms with E-state index < -0.39 is 139 Å². The quantitative estimate of drug-likeness (QED) is 0.00849. The summed E-state index contributed by atoms with van der Waals surface area (Å²) in [6.45, 7) is -0.354. The number of anilines is 1. The Morgan fingerprint density at radius 2 is 1.25 bits per heavy atom. The zero-order valence-corrected chi connectivity index (χ0v) is 51.7. The van der Waals surface area contributed by atoms with Crippen molar-refractivity contribution >= 4 is 114 Å². The number of rotatable bonds is 22. The van der Waals surface area contributed by atoms with E-state index in [1.807, 2.05) is 0 Å². The topological polar surface area (TPSA) is 446 Å². The first-order chi connectivity index (χ1) is 29.3. The molecule has 0 aliphatic heterocycles. The number of sulfone groups is 2. The summed E-state index contributed by atoms with van der Waals surface area (Å²) in [6, 6.07) is 5.41. The van der Waals surface area contributed by atoms with Gasteiger partial charge in [-0.3, -0.25) is 18.4 Å². The van der Waals surface area contributed by atoms with Gasteiger partial charge in [0.2, 0.25) is 10.4 Å². The van der Waals surface area contributed by atoms with Crippen LogP contribution in [-0.4, -0.2) is 92.7 Å². The first-order valence-corrected chi connectivity index (χ1v) is 24.8. The SMILES string of the molecule is COc1cc(S(=O)(=O)CCOS(=O)(=O)[O-])c(C)cc1N=Nc1cc(S(=O)(=O)[O-])c2cc(SOO[O-])c(N=Nc3ccc(S(=O)(=O)CCOSOO[O-])cc3S(=O)(=O)[O-])c(O)c2c1N.[Na+].[Na+].[Na+].[Na+].[Na+]. The Morgan fingerprint density at radius 1 is 0.676 bits per heavy atom. The Bertz CT molecular complexity index is 3050. The summed E-state index contributed by atoms with van der Waals surface area (Å²) >= 11 is -0.0637. The third-order valence-corrected chi connectivity index (χ3v) is 14.4. The second-order valence-corrected chi connectivity index (χ2v) is 20.8. The molecule has 40 heteroatoms. The molecule has 4 aromatic carbocycles. The summed E-state index contributed by atoms with van der Waals surface area (Å²) in [5.74, 6) is -3.23. The zero-order valence-electron chi connectivity index (χ0n) is 36.0. The Balaban J connectivity index is 0. The average molecular weight is 1140 g/mol. The minimum atomic E-state index is -5.56. The third-order valence-electron chi connectivity index (χ3n) is 7.75. The molecule has 0 aliphatic carbocycles. The number of hydrogen-bond acceptors (Lipinski definition) is 30. The van der Waals surface area contributed by atoms with Crippen molar-refractivity contribution in [3.63, 3.8) is 0 Å². The van der Waals surface area contributed by atoms with Gasteiger partial charge in [-0.05, 0) is 48.9 Å². The molecule has 346 valence electrons. The number of aromatic hydroxyl groups is 1. The number of benzene rings is 4. The van der Waals surface area contributed by atoms with Crippen LogP contribution in [0.3, 0.4) is 0 Å². The molecule has 0 atom stereocenters. The van der Waals surface area contributed by atoms with E-state index in [2.05, 4.69) is 47.6 Å². The fraction of sp³-hybridized carbons (Fsp3) is 0.214. The molecule has 0 heterocycles. The van der Waals surface area contributed by atoms with Crippen molar-refractivity contribution in [3.8, 4) is 11.5 Å². The maximum Gasteiger partial charge on any atom is 1.00 e. The van der Waals surface area contributed by atoms with Crippen molar-refractivity contribution in [3.05, 3.63) is 48.0 Å². The molecule has 0 saturated heterocycles. The molecule has 0 spiro atoms. The molecule has 0 unspecified atom stereocenters. The molecular formula is C28H24N5Na5O23S7. The molecule has 28 nitrogen and oxygen atoms in total. The number of nitrogen functional groups attached to an aromatic ring is 1. The monoisotopic (exact) mass is 1140 g/mol. The third kappa shape index (κ3) is 19.5. The van der Waals surface area contributed by atoms with Gasteiger partial charge in [0.05, 0.1) is 79.4 Å². The number of azo groups is 2. The van der Waals surface area contributed by atoms with Gasteiger partial charge in [-0.25, -0.2) is 42.1 Å². The van der Waals surface area contributed by atoms with Crippen molar-refractivity contribution in [1.82, 2.24) is 0 Å². The first kappa shape index (κ1) is 70.8. The molecule has 0 aliphatic rings. The number of ether oxygens (including phenoxy) is 1. The first-order valence-electron chi connectivity index (χ1n) is 15.9. The Labute approximate surface area is 506 Å². The van der Waals surface area contributed by atoms with E-state index in [0.717, 1.165) is 37.4 Å². The van der Waals surface area contributed by atoms with E-state index in [1.165, 1.54) is 6.92 Å². The molecule has 68 heavy (non-hydrogen) atoms. The summed E-state index contributed by atoms with van der Waals surface area (Å²) in [5.41, 5.74) is 3.07. The zero-order chi connectivity index (χ0) is 47.1. The van der Waals surface area contributed by atoms with E-state index in [9.17, 15) is 71.4 Å². The van der Waals surface area contributed by atoms with Gasteiger partial charge in [-0.2, -0.15) is 4.33 Å². The summed E-state index contributed by atoms with van der Waals surface area (Å²) in [5, 5.41) is 52.1. The summed E-state index contributed by atoms with van der Waals surface area (Å²) in [7, 11) is -23.9. The van der Waals surface area contributed by atoms with Crippen molar-refractivity contribution in [1.29, 1.82) is 0 Å². The van der Waals surface area contributed by atoms with Crippen LogP contribution in [0.1, 0.15) is 5.56 Å². The second kappa shape index (κ2) is 30.3. The Hall–Kier alpha value is 0.750. The van der Waals surface area contributed by atoms with E-state index in [4.69, 9.17) is 10.5 Å². The maximum atomic E-state index is 12.9. The van der Waals surface area contributed by atoms with Crippen LogP contribution in [0.5, 0.6) is 11.5 Å². The molecule has 0 fully saturated rings. The fourth-order valence-corrected chi connectivity index (χ4v) is 10.2. The normalized spacial score (nSPS) is 12.2. The molecule has 3 N–H and O–H groups in total. The number of fused-ring (bicyclic) bond motifs is 1. The van der Waals surface area contributed by atoms with Crippen LogP contribution in [0.25, 0.3) is 10.8 Å². The van der Waals surface area contributed by atoms with Crippen LogP contribution in [0, 0.1) is 6.92 Å². The van der Waals surface area contributed by atoms with Crippen molar-refractivity contribution in [2.75, 3.05) is 37.6 Å². The number of phenolic OH excluding ortho intramolecular Hbond substituents is 1. The molecule has 0 radical (unpaired) electrons. The van der Waals surface area contributed by atoms with Gasteiger partial charge in [0.15, 0.2) is 37.7 Å². The van der Waals surface area contributed by atoms with Gasteiger partial charge in [0, 0.05) is 11.5 Å². The number of hydrogen-bond donors (Lipinski definition) is 2. The van der Waals surface area contributed by atoms with Crippen LogP contribution in [0.2, 0.25) is 0 Å². The largest absolute Gasteiger partial charge is 1.00 e. The van der Waals surface area contributed by atoms with E-state index in [1.54, 1.807) is 0 Å². The minimum Gasteiger partial charge on any atom is -0.744 e. The number of phenols is 1. The van der Waals surface area contributed by atoms with Gasteiger partial charge in [0.1, 0.15) is 48.7 Å². The number of aryl methyl sites for hydroxylation is 1. The van der Waals surface area contributed by atoms with Gasteiger partial charge < -0.3 is 39.7 Å². The van der Waals surface area contributed by atoms with Crippen LogP contribution >= 0.6 is 24.4 Å². The van der Waals surface area contributed by atoms with Gasteiger partial charge in [0.25, 0.3) is 0 Å². The van der Waals surface area contributed by atoms with Crippen molar-refractivity contribution in [2.45, 2.75) is 31.4 Å². The van der Waals surface area contributed by atoms with E-state index in [-0.39, 0.29) is 189 Å². The molecule has 4 aromatic rings. The molecule has 4 rings (SSSR count). The van der Waals surface area contributed by atoms with E-state index in [0.29, 0.717) is 12.1 Å². The van der Waals surface area contributed by atoms with Crippen LogP contribution in [-0.2, 0) is 77.4 Å². The standard InChI is InChI=1S/C28H29N5O23S7.5Na/c1-14-9-18(20(50-2)13-22(14)60(39,40)8-6-52-63(47,48)49)31-32-19-12-23(61(41,42)43)16-11-21(57-55-53-35)27(28(34)25(16)26(19)29)33-30-17-4-3-15(10-24(17)62(44,45)46)59(37,38)7-5-51-58-56-54-36;;;;;/h3-4,9-13,34-36H,5-8,29H2,1-2H3,(H,41,42,43)(H,44,45,46)(H,47,48,49);;;;;/q;5*+1/p-5. The molecule has 0 saturated carbocycles.